The molecular weight excluding hydrogens is 624 g/mol. The Morgan fingerprint density at radius 1 is 0.238 bits per heavy atom. The summed E-state index contributed by atoms with van der Waals surface area (Å²) in [5.41, 5.74) is 0. The fourth-order valence-corrected chi connectivity index (χ4v) is 3.07. The van der Waals surface area contributed by atoms with Crippen LogP contribution in [0.1, 0.15) is 6.92 Å². The monoisotopic (exact) mass is 680 g/mol. The van der Waals surface area contributed by atoms with Gasteiger partial charge >= 0.3 is 0 Å². The van der Waals surface area contributed by atoms with Crippen molar-refractivity contribution in [3.63, 3.8) is 0 Å². The van der Waals surface area contributed by atoms with Crippen LogP contribution >= 0.6 is 15.9 Å². The van der Waals surface area contributed by atoms with E-state index in [1.807, 2.05) is 6.92 Å². The Labute approximate surface area is 261 Å². The van der Waals surface area contributed by atoms with Gasteiger partial charge in [-0.3, -0.25) is 0 Å². The van der Waals surface area contributed by atoms with E-state index in [1.54, 1.807) is 0 Å². The van der Waals surface area contributed by atoms with Crippen molar-refractivity contribution < 1.29 is 61.6 Å². The average Bonchev–Trinajstić information content (AvgIpc) is 3.00. The minimum Gasteiger partial charge on any atom is -0.379 e. The topological polar surface area (TPSA) is 120 Å². The third-order valence-electron chi connectivity index (χ3n) is 4.89. The Kier molecular flexibility index (Phi) is 40.9. The Bertz CT molecular complexity index is 430. The molecule has 0 aliphatic heterocycles. The fraction of sp³-hybridized carbons (Fsp3) is 1.00. The van der Waals surface area contributed by atoms with Crippen LogP contribution in [0.2, 0.25) is 0 Å². The first-order valence-electron chi connectivity index (χ1n) is 15.0. The zero-order chi connectivity index (χ0) is 30.3. The van der Waals surface area contributed by atoms with Gasteiger partial charge in [0.15, 0.2) is 0 Å². The summed E-state index contributed by atoms with van der Waals surface area (Å²) in [7, 11) is 0. The first kappa shape index (κ1) is 42.0. The SMILES string of the molecule is CCOCCOCCOCCOCCOCCOCCOCCOCCOCCOCCOCCOCCOCCBr. The Morgan fingerprint density at radius 3 is 0.524 bits per heavy atom. The molecule has 14 heteroatoms. The molecule has 0 aromatic carbocycles. The second kappa shape index (κ2) is 41.0. The standard InChI is InChI=1S/C28H57BrO13/c1-2-30-5-6-32-9-10-34-13-14-36-17-18-38-21-22-40-25-26-42-28-27-41-24-23-39-20-19-37-16-15-35-12-11-33-8-7-31-4-3-29/h2-28H2,1H3. The van der Waals surface area contributed by atoms with E-state index in [9.17, 15) is 0 Å². The third-order valence-corrected chi connectivity index (χ3v) is 5.21. The smallest absolute Gasteiger partial charge is 0.0701 e. The Hall–Kier alpha value is -0.0400. The highest BCUT2D eigenvalue weighted by atomic mass is 79.9. The average molecular weight is 682 g/mol. The van der Waals surface area contributed by atoms with Gasteiger partial charge in [-0.05, 0) is 6.92 Å². The summed E-state index contributed by atoms with van der Waals surface area (Å²) in [6, 6.07) is 0. The third kappa shape index (κ3) is 40.0. The molecule has 42 heavy (non-hydrogen) atoms. The molecule has 0 N–H and O–H groups in total. The first-order chi connectivity index (χ1) is 20.9. The van der Waals surface area contributed by atoms with Crippen molar-refractivity contribution in [2.24, 2.45) is 0 Å². The summed E-state index contributed by atoms with van der Waals surface area (Å²) >= 11 is 3.30. The number of hydrogen-bond acceptors (Lipinski definition) is 13. The quantitative estimate of drug-likeness (QED) is 0.0692. The highest BCUT2D eigenvalue weighted by Gasteiger charge is 1.96. The number of hydrogen-bond donors (Lipinski definition) is 0. The first-order valence-corrected chi connectivity index (χ1v) is 16.1. The van der Waals surface area contributed by atoms with Crippen LogP contribution in [0.15, 0.2) is 0 Å². The van der Waals surface area contributed by atoms with Crippen LogP contribution in [0.25, 0.3) is 0 Å². The lowest BCUT2D eigenvalue weighted by Crippen LogP contribution is -2.15. The van der Waals surface area contributed by atoms with Gasteiger partial charge in [0, 0.05) is 11.9 Å². The summed E-state index contributed by atoms with van der Waals surface area (Å²) in [6.45, 7) is 16.3. The van der Waals surface area contributed by atoms with Gasteiger partial charge in [-0.25, -0.2) is 0 Å². The molecule has 0 spiro atoms. The molecule has 13 nitrogen and oxygen atoms in total. The van der Waals surface area contributed by atoms with E-state index < -0.39 is 0 Å². The molecule has 0 aliphatic carbocycles. The molecule has 0 aliphatic rings. The van der Waals surface area contributed by atoms with Gasteiger partial charge < -0.3 is 61.6 Å². The van der Waals surface area contributed by atoms with Gasteiger partial charge in [0.25, 0.3) is 0 Å². The Morgan fingerprint density at radius 2 is 0.381 bits per heavy atom. The van der Waals surface area contributed by atoms with Crippen LogP contribution in [-0.4, -0.2) is 177 Å². The minimum absolute atomic E-state index is 0.515. The number of rotatable bonds is 39. The molecule has 0 atom stereocenters. The lowest BCUT2D eigenvalue weighted by molar-refractivity contribution is -0.0288. The molecule has 0 rings (SSSR count). The van der Waals surface area contributed by atoms with E-state index in [4.69, 9.17) is 61.6 Å². The van der Waals surface area contributed by atoms with E-state index in [2.05, 4.69) is 15.9 Å². The van der Waals surface area contributed by atoms with Crippen molar-refractivity contribution in [1.29, 1.82) is 0 Å². The molecule has 0 amide bonds. The molecule has 0 heterocycles. The molecule has 254 valence electrons. The summed E-state index contributed by atoms with van der Waals surface area (Å²) in [5.74, 6) is 0. The van der Waals surface area contributed by atoms with E-state index in [0.717, 1.165) is 5.33 Å². The van der Waals surface area contributed by atoms with Crippen molar-refractivity contribution >= 4 is 15.9 Å². The zero-order valence-corrected chi connectivity index (χ0v) is 27.4. The van der Waals surface area contributed by atoms with E-state index in [-0.39, 0.29) is 0 Å². The minimum atomic E-state index is 0.515. The molecule has 0 unspecified atom stereocenters. The maximum absolute atomic E-state index is 5.47. The number of alkyl halides is 1. The normalized spacial score (nSPS) is 11.6. The summed E-state index contributed by atoms with van der Waals surface area (Å²) in [5, 5.41) is 0.838. The van der Waals surface area contributed by atoms with Gasteiger partial charge in [0.05, 0.1) is 165 Å². The number of halogens is 1. The van der Waals surface area contributed by atoms with Crippen molar-refractivity contribution in [1.82, 2.24) is 0 Å². The van der Waals surface area contributed by atoms with Gasteiger partial charge in [-0.2, -0.15) is 0 Å². The highest BCUT2D eigenvalue weighted by Crippen LogP contribution is 1.88. The van der Waals surface area contributed by atoms with Crippen molar-refractivity contribution in [3.8, 4) is 0 Å². The summed E-state index contributed by atoms with van der Waals surface area (Å²) in [4.78, 5) is 0. The van der Waals surface area contributed by atoms with E-state index >= 15 is 0 Å². The van der Waals surface area contributed by atoms with Crippen LogP contribution in [0.4, 0.5) is 0 Å². The van der Waals surface area contributed by atoms with Crippen molar-refractivity contribution in [2.45, 2.75) is 6.92 Å². The van der Waals surface area contributed by atoms with Crippen LogP contribution in [0.5, 0.6) is 0 Å². The summed E-state index contributed by atoms with van der Waals surface area (Å²) in [6.07, 6.45) is 0. The van der Waals surface area contributed by atoms with Gasteiger partial charge in [0.2, 0.25) is 0 Å². The molecule has 0 aromatic rings. The molecule has 0 saturated heterocycles. The maximum atomic E-state index is 5.47. The molecule has 0 radical (unpaired) electrons. The molecular formula is C28H57BrO13. The van der Waals surface area contributed by atoms with Crippen molar-refractivity contribution in [3.05, 3.63) is 0 Å². The van der Waals surface area contributed by atoms with Gasteiger partial charge in [0.1, 0.15) is 0 Å². The Balaban J connectivity index is 3.02. The predicted molar refractivity (Wildman–Crippen MR) is 160 cm³/mol. The largest absolute Gasteiger partial charge is 0.379 e. The van der Waals surface area contributed by atoms with E-state index in [1.165, 1.54) is 0 Å². The molecule has 0 aromatic heterocycles. The zero-order valence-electron chi connectivity index (χ0n) is 25.8. The summed E-state index contributed by atoms with van der Waals surface area (Å²) < 4.78 is 70.3. The van der Waals surface area contributed by atoms with Crippen molar-refractivity contribution in [2.75, 3.05) is 177 Å². The molecule has 0 fully saturated rings. The number of ether oxygens (including phenoxy) is 13. The van der Waals surface area contributed by atoms with Crippen LogP contribution in [-0.2, 0) is 61.6 Å². The second-order valence-corrected chi connectivity index (χ2v) is 9.03. The fourth-order valence-electron chi connectivity index (χ4n) is 2.84. The van der Waals surface area contributed by atoms with Gasteiger partial charge in [-0.15, -0.1) is 0 Å². The molecule has 0 bridgehead atoms. The van der Waals surface area contributed by atoms with Crippen LogP contribution in [0.3, 0.4) is 0 Å². The lowest BCUT2D eigenvalue weighted by Gasteiger charge is -2.09. The maximum Gasteiger partial charge on any atom is 0.0701 e. The van der Waals surface area contributed by atoms with E-state index in [0.29, 0.717) is 172 Å². The van der Waals surface area contributed by atoms with Crippen LogP contribution in [0, 0.1) is 0 Å². The molecule has 0 saturated carbocycles. The van der Waals surface area contributed by atoms with Gasteiger partial charge in [-0.1, -0.05) is 15.9 Å². The highest BCUT2D eigenvalue weighted by molar-refractivity contribution is 9.09. The predicted octanol–water partition coefficient (Wildman–Crippen LogP) is 1.62. The second-order valence-electron chi connectivity index (χ2n) is 8.23. The lowest BCUT2D eigenvalue weighted by atomic mass is 10.6. The van der Waals surface area contributed by atoms with Crippen LogP contribution < -0.4 is 0 Å².